The Balaban J connectivity index is 2.07. The van der Waals surface area contributed by atoms with Crippen LogP contribution in [0.3, 0.4) is 0 Å². The van der Waals surface area contributed by atoms with Crippen LogP contribution in [0.1, 0.15) is 37.9 Å². The largest absolute Gasteiger partial charge is 0.309 e. The number of aryl methyl sites for hydroxylation is 1. The summed E-state index contributed by atoms with van der Waals surface area (Å²) in [6, 6.07) is 0.336. The van der Waals surface area contributed by atoms with E-state index in [1.165, 1.54) is 30.8 Å². The monoisotopic (exact) mass is 287 g/mol. The van der Waals surface area contributed by atoms with Gasteiger partial charge in [0.2, 0.25) is 0 Å². The van der Waals surface area contributed by atoms with Crippen LogP contribution in [0, 0.1) is 5.92 Å². The second kappa shape index (κ2) is 6.83. The molecule has 1 unspecified atom stereocenters. The lowest BCUT2D eigenvalue weighted by molar-refractivity contribution is 0.362. The lowest BCUT2D eigenvalue weighted by atomic mass is 9.92. The van der Waals surface area contributed by atoms with Crippen LogP contribution in [0.25, 0.3) is 0 Å². The van der Waals surface area contributed by atoms with Crippen molar-refractivity contribution in [2.75, 3.05) is 18.1 Å². The summed E-state index contributed by atoms with van der Waals surface area (Å²) in [6.45, 7) is 3.11. The van der Waals surface area contributed by atoms with Crippen molar-refractivity contribution in [2.45, 2.75) is 32.2 Å². The zero-order chi connectivity index (χ0) is 13.0. The first-order valence-electron chi connectivity index (χ1n) is 6.71. The van der Waals surface area contributed by atoms with Gasteiger partial charge in [-0.1, -0.05) is 18.5 Å². The van der Waals surface area contributed by atoms with Crippen molar-refractivity contribution in [3.8, 4) is 0 Å². The molecule has 0 radical (unpaired) electrons. The number of nitrogens with zero attached hydrogens (tertiary/aromatic N) is 2. The van der Waals surface area contributed by atoms with E-state index in [0.29, 0.717) is 6.04 Å². The molecule has 2 rings (SSSR count). The second-order valence-corrected chi connectivity index (χ2v) is 6.54. The van der Waals surface area contributed by atoms with E-state index in [4.69, 9.17) is 11.6 Å². The number of hydrogen-bond acceptors (Lipinski definition) is 3. The molecule has 18 heavy (non-hydrogen) atoms. The molecular formula is C13H22ClN3S. The van der Waals surface area contributed by atoms with Gasteiger partial charge in [0.25, 0.3) is 0 Å². The maximum absolute atomic E-state index is 6.27. The highest BCUT2D eigenvalue weighted by atomic mass is 35.5. The molecule has 102 valence electrons. The Morgan fingerprint density at radius 1 is 1.56 bits per heavy atom. The highest BCUT2D eigenvalue weighted by Crippen LogP contribution is 2.33. The van der Waals surface area contributed by atoms with E-state index in [0.717, 1.165) is 23.2 Å². The molecule has 1 atom stereocenters. The molecule has 3 nitrogen and oxygen atoms in total. The fourth-order valence-corrected chi connectivity index (χ4v) is 4.17. The molecule has 0 aromatic carbocycles. The topological polar surface area (TPSA) is 29.9 Å². The van der Waals surface area contributed by atoms with E-state index in [2.05, 4.69) is 29.1 Å². The molecule has 1 aliphatic heterocycles. The summed E-state index contributed by atoms with van der Waals surface area (Å²) in [5, 5.41) is 8.60. The van der Waals surface area contributed by atoms with E-state index in [1.54, 1.807) is 6.20 Å². The number of aromatic nitrogens is 2. The zero-order valence-electron chi connectivity index (χ0n) is 11.2. The number of nitrogens with one attached hydrogen (secondary N) is 1. The van der Waals surface area contributed by atoms with Crippen molar-refractivity contribution >= 4 is 23.4 Å². The Kier molecular flexibility index (Phi) is 5.39. The molecule has 0 bridgehead atoms. The third-order valence-electron chi connectivity index (χ3n) is 3.63. The number of halogens is 1. The van der Waals surface area contributed by atoms with Crippen LogP contribution < -0.4 is 5.32 Å². The van der Waals surface area contributed by atoms with Gasteiger partial charge >= 0.3 is 0 Å². The molecule has 1 N–H and O–H groups in total. The van der Waals surface area contributed by atoms with E-state index < -0.39 is 0 Å². The second-order valence-electron chi connectivity index (χ2n) is 4.90. The van der Waals surface area contributed by atoms with Crippen molar-refractivity contribution in [1.82, 2.24) is 15.1 Å². The summed E-state index contributed by atoms with van der Waals surface area (Å²) in [5.74, 6) is 3.44. The van der Waals surface area contributed by atoms with E-state index >= 15 is 0 Å². The Morgan fingerprint density at radius 3 is 2.83 bits per heavy atom. The number of rotatable bonds is 5. The fourth-order valence-electron chi connectivity index (χ4n) is 2.67. The normalized spacial score (nSPS) is 19.1. The minimum Gasteiger partial charge on any atom is -0.309 e. The summed E-state index contributed by atoms with van der Waals surface area (Å²) in [6.07, 6.45) is 5.59. The van der Waals surface area contributed by atoms with Gasteiger partial charge in [0.1, 0.15) is 0 Å². The van der Waals surface area contributed by atoms with Crippen LogP contribution in [-0.4, -0.2) is 27.8 Å². The molecule has 2 heterocycles. The summed E-state index contributed by atoms with van der Waals surface area (Å²) >= 11 is 8.34. The Labute approximate surface area is 119 Å². The van der Waals surface area contributed by atoms with Gasteiger partial charge < -0.3 is 5.32 Å². The third-order valence-corrected chi connectivity index (χ3v) is 4.97. The van der Waals surface area contributed by atoms with Crippen molar-refractivity contribution in [1.29, 1.82) is 0 Å². The predicted molar refractivity (Wildman–Crippen MR) is 79.3 cm³/mol. The van der Waals surface area contributed by atoms with Gasteiger partial charge in [-0.15, -0.1) is 0 Å². The zero-order valence-corrected chi connectivity index (χ0v) is 12.7. The van der Waals surface area contributed by atoms with Crippen LogP contribution in [0.4, 0.5) is 0 Å². The van der Waals surface area contributed by atoms with Gasteiger partial charge in [-0.05, 0) is 43.2 Å². The molecule has 0 saturated carbocycles. The third kappa shape index (κ3) is 3.43. The van der Waals surface area contributed by atoms with E-state index in [9.17, 15) is 0 Å². The summed E-state index contributed by atoms with van der Waals surface area (Å²) in [7, 11) is 1.97. The van der Waals surface area contributed by atoms with Crippen molar-refractivity contribution in [3.05, 3.63) is 16.9 Å². The van der Waals surface area contributed by atoms with E-state index in [1.807, 2.05) is 11.7 Å². The molecule has 0 aliphatic carbocycles. The maximum Gasteiger partial charge on any atom is 0.0834 e. The average Bonchev–Trinajstić information content (AvgIpc) is 2.70. The summed E-state index contributed by atoms with van der Waals surface area (Å²) < 4.78 is 1.91. The predicted octanol–water partition coefficient (Wildman–Crippen LogP) is 3.26. The van der Waals surface area contributed by atoms with Crippen LogP contribution in [0.5, 0.6) is 0 Å². The fraction of sp³-hybridized carbons (Fsp3) is 0.769. The van der Waals surface area contributed by atoms with Gasteiger partial charge in [0.15, 0.2) is 0 Å². The Hall–Kier alpha value is -0.190. The minimum atomic E-state index is 0.336. The standard InChI is InChI=1S/C13H22ClN3S/c1-3-15-12(8-10-4-6-18-7-5-10)13-11(14)9-16-17(13)2/h9-10,12,15H,3-8H2,1-2H3. The number of thioether (sulfide) groups is 1. The highest BCUT2D eigenvalue weighted by molar-refractivity contribution is 7.99. The quantitative estimate of drug-likeness (QED) is 0.901. The van der Waals surface area contributed by atoms with Crippen LogP contribution in [0.15, 0.2) is 6.20 Å². The molecule has 1 aromatic heterocycles. The molecule has 0 amide bonds. The molecular weight excluding hydrogens is 266 g/mol. The van der Waals surface area contributed by atoms with Crippen molar-refractivity contribution in [3.63, 3.8) is 0 Å². The first-order valence-corrected chi connectivity index (χ1v) is 8.24. The van der Waals surface area contributed by atoms with E-state index in [-0.39, 0.29) is 0 Å². The molecule has 5 heteroatoms. The van der Waals surface area contributed by atoms with Crippen molar-refractivity contribution in [2.24, 2.45) is 13.0 Å². The highest BCUT2D eigenvalue weighted by Gasteiger charge is 2.23. The first kappa shape index (κ1) is 14.2. The average molecular weight is 288 g/mol. The minimum absolute atomic E-state index is 0.336. The Morgan fingerprint density at radius 2 is 2.28 bits per heavy atom. The van der Waals surface area contributed by atoms with Gasteiger partial charge in [-0.25, -0.2) is 0 Å². The SMILES string of the molecule is CCNC(CC1CCSCC1)c1c(Cl)cnn1C. The van der Waals surface area contributed by atoms with Crippen LogP contribution in [-0.2, 0) is 7.05 Å². The van der Waals surface area contributed by atoms with Gasteiger partial charge in [0, 0.05) is 7.05 Å². The Bertz CT molecular complexity index is 355. The molecule has 1 aromatic rings. The van der Waals surface area contributed by atoms with Crippen molar-refractivity contribution < 1.29 is 0 Å². The summed E-state index contributed by atoms with van der Waals surface area (Å²) in [4.78, 5) is 0. The summed E-state index contributed by atoms with van der Waals surface area (Å²) in [5.41, 5.74) is 1.14. The van der Waals surface area contributed by atoms with Gasteiger partial charge in [0.05, 0.1) is 23.0 Å². The molecule has 1 aliphatic rings. The number of hydrogen-bond donors (Lipinski definition) is 1. The maximum atomic E-state index is 6.27. The lowest BCUT2D eigenvalue weighted by Crippen LogP contribution is -2.27. The van der Waals surface area contributed by atoms with Crippen LogP contribution >= 0.6 is 23.4 Å². The molecule has 1 fully saturated rings. The van der Waals surface area contributed by atoms with Gasteiger partial charge in [-0.3, -0.25) is 4.68 Å². The lowest BCUT2D eigenvalue weighted by Gasteiger charge is -2.27. The smallest absolute Gasteiger partial charge is 0.0834 e. The first-order chi connectivity index (χ1) is 8.72. The molecule has 0 spiro atoms. The van der Waals surface area contributed by atoms with Gasteiger partial charge in [-0.2, -0.15) is 16.9 Å². The molecule has 1 saturated heterocycles. The van der Waals surface area contributed by atoms with Crippen LogP contribution in [0.2, 0.25) is 5.02 Å².